The average Bonchev–Trinajstić information content (AvgIpc) is 3.42. The van der Waals surface area contributed by atoms with Gasteiger partial charge in [0.2, 0.25) is 11.8 Å². The first-order valence-corrected chi connectivity index (χ1v) is 14.5. The predicted molar refractivity (Wildman–Crippen MR) is 160 cm³/mol. The number of carbonyl (C=O) groups excluding carboxylic acids is 1. The number of hydrogen-bond donors (Lipinski definition) is 0. The van der Waals surface area contributed by atoms with Crippen molar-refractivity contribution < 1.29 is 9.53 Å². The molecule has 3 aliphatic rings. The van der Waals surface area contributed by atoms with E-state index >= 15 is 0 Å². The Morgan fingerprint density at radius 3 is 2.68 bits per heavy atom. The zero-order valence-electron chi connectivity index (χ0n) is 24.0. The number of aryl methyl sites for hydroxylation is 1. The number of fused-ring (bicyclic) bond motifs is 2. The normalized spacial score (nSPS) is 19.2. The molecule has 9 nitrogen and oxygen atoms in total. The number of anilines is 2. The van der Waals surface area contributed by atoms with Crippen LogP contribution >= 0.6 is 0 Å². The van der Waals surface area contributed by atoms with E-state index in [2.05, 4.69) is 64.7 Å². The number of ether oxygens (including phenoxy) is 1. The lowest BCUT2D eigenvalue weighted by Crippen LogP contribution is -2.49. The summed E-state index contributed by atoms with van der Waals surface area (Å²) in [4.78, 5) is 30.9. The summed E-state index contributed by atoms with van der Waals surface area (Å²) in [7, 11) is 2.12. The molecule has 5 heterocycles. The molecule has 0 N–H and O–H groups in total. The number of hydrogen-bond acceptors (Lipinski definition) is 8. The van der Waals surface area contributed by atoms with Gasteiger partial charge in [0.1, 0.15) is 24.1 Å². The van der Waals surface area contributed by atoms with Crippen LogP contribution in [0.5, 0.6) is 5.88 Å². The maximum Gasteiger partial charge on any atom is 0.246 e. The van der Waals surface area contributed by atoms with Gasteiger partial charge in [-0.25, -0.2) is 9.97 Å². The minimum Gasteiger partial charge on any atom is -0.475 e. The highest BCUT2D eigenvalue weighted by Gasteiger charge is 2.32. The molecule has 1 aromatic carbocycles. The highest BCUT2D eigenvalue weighted by atomic mass is 16.5. The molecule has 2 fully saturated rings. The Labute approximate surface area is 241 Å². The predicted octanol–water partition coefficient (Wildman–Crippen LogP) is 3.68. The van der Waals surface area contributed by atoms with Crippen LogP contribution in [-0.4, -0.2) is 84.6 Å². The maximum absolute atomic E-state index is 12.2. The van der Waals surface area contributed by atoms with Gasteiger partial charge in [-0.2, -0.15) is 5.26 Å². The molecule has 0 aliphatic carbocycles. The van der Waals surface area contributed by atoms with Crippen molar-refractivity contribution in [1.82, 2.24) is 19.8 Å². The number of rotatable bonds is 6. The molecule has 9 heteroatoms. The number of carbonyl (C=O) groups is 1. The number of piperazine rings is 1. The highest BCUT2D eigenvalue weighted by Crippen LogP contribution is 2.38. The number of amides is 1. The minimum absolute atomic E-state index is 0.0554. The van der Waals surface area contributed by atoms with Gasteiger partial charge in [-0.15, -0.1) is 0 Å². The number of aromatic nitrogens is 2. The Morgan fingerprint density at radius 1 is 1.15 bits per heavy atom. The standard InChI is InChI=1S/C32H37N7O2/c1-4-29(40)37-14-16-38(17-15-37)30-26-11-13-39(31-25-10-6-5-8-23(25)18-22(2)34-31)20-28(26)35-32(27(30)19-33)41-21-24-9-7-12-36(24)3/h4-6,8,10,18,24H,1,7,9,11-17,20-21H2,2-3H3/t24-/m0/s1. The van der Waals surface area contributed by atoms with Crippen molar-refractivity contribution in [3.8, 4) is 11.9 Å². The summed E-state index contributed by atoms with van der Waals surface area (Å²) in [5.74, 6) is 1.32. The summed E-state index contributed by atoms with van der Waals surface area (Å²) >= 11 is 0. The fraction of sp³-hybridized carbons (Fsp3) is 0.438. The molecular weight excluding hydrogens is 514 g/mol. The van der Waals surface area contributed by atoms with Gasteiger partial charge in [-0.05, 0) is 57.3 Å². The van der Waals surface area contributed by atoms with Crippen LogP contribution in [0.3, 0.4) is 0 Å². The molecule has 0 unspecified atom stereocenters. The summed E-state index contributed by atoms with van der Waals surface area (Å²) in [6.07, 6.45) is 4.34. The fourth-order valence-electron chi connectivity index (χ4n) is 6.47. The van der Waals surface area contributed by atoms with E-state index in [1.165, 1.54) is 11.5 Å². The Hall–Kier alpha value is -4.16. The molecule has 2 aromatic heterocycles. The third kappa shape index (κ3) is 5.20. The quantitative estimate of drug-likeness (QED) is 0.429. The number of likely N-dealkylation sites (tertiary alicyclic amines) is 1. The minimum atomic E-state index is -0.0554. The molecule has 0 radical (unpaired) electrons. The van der Waals surface area contributed by atoms with E-state index in [0.29, 0.717) is 56.8 Å². The lowest BCUT2D eigenvalue weighted by Gasteiger charge is -2.39. The summed E-state index contributed by atoms with van der Waals surface area (Å²) in [5, 5.41) is 12.7. The van der Waals surface area contributed by atoms with Gasteiger partial charge in [-0.1, -0.05) is 30.8 Å². The largest absolute Gasteiger partial charge is 0.475 e. The van der Waals surface area contributed by atoms with Crippen LogP contribution in [0, 0.1) is 18.3 Å². The molecule has 0 bridgehead atoms. The lowest BCUT2D eigenvalue weighted by atomic mass is 9.97. The van der Waals surface area contributed by atoms with Crippen LogP contribution in [0.1, 0.15) is 35.4 Å². The van der Waals surface area contributed by atoms with Gasteiger partial charge in [0.15, 0.2) is 0 Å². The number of nitrogens with zero attached hydrogens (tertiary/aromatic N) is 7. The van der Waals surface area contributed by atoms with Crippen LogP contribution in [0.4, 0.5) is 11.5 Å². The second kappa shape index (κ2) is 11.4. The third-order valence-corrected chi connectivity index (χ3v) is 8.72. The molecule has 3 aliphatic heterocycles. The van der Waals surface area contributed by atoms with Crippen molar-refractivity contribution >= 4 is 28.2 Å². The molecule has 1 atom stereocenters. The van der Waals surface area contributed by atoms with E-state index in [-0.39, 0.29) is 5.91 Å². The van der Waals surface area contributed by atoms with E-state index in [4.69, 9.17) is 14.7 Å². The summed E-state index contributed by atoms with van der Waals surface area (Å²) in [5.41, 5.74) is 4.43. The number of likely N-dealkylation sites (N-methyl/N-ethyl adjacent to an activating group) is 1. The fourth-order valence-corrected chi connectivity index (χ4v) is 6.47. The van der Waals surface area contributed by atoms with Crippen LogP contribution in [-0.2, 0) is 17.8 Å². The second-order valence-electron chi connectivity index (χ2n) is 11.3. The van der Waals surface area contributed by atoms with Crippen molar-refractivity contribution in [2.45, 2.75) is 38.8 Å². The number of pyridine rings is 2. The Bertz CT molecular complexity index is 1520. The second-order valence-corrected chi connectivity index (χ2v) is 11.3. The Morgan fingerprint density at radius 2 is 1.95 bits per heavy atom. The van der Waals surface area contributed by atoms with Gasteiger partial charge >= 0.3 is 0 Å². The summed E-state index contributed by atoms with van der Waals surface area (Å²) in [6, 6.07) is 13.3. The molecular formula is C32H37N7O2. The zero-order chi connectivity index (χ0) is 28.5. The van der Waals surface area contributed by atoms with Crippen molar-refractivity contribution in [3.63, 3.8) is 0 Å². The zero-order valence-corrected chi connectivity index (χ0v) is 24.0. The molecule has 3 aromatic rings. The molecule has 1 amide bonds. The Balaban J connectivity index is 1.38. The first-order chi connectivity index (χ1) is 20.0. The van der Waals surface area contributed by atoms with Crippen molar-refractivity contribution in [1.29, 1.82) is 5.26 Å². The van der Waals surface area contributed by atoms with Crippen molar-refractivity contribution in [2.24, 2.45) is 0 Å². The summed E-state index contributed by atoms with van der Waals surface area (Å²) < 4.78 is 6.37. The van der Waals surface area contributed by atoms with Crippen molar-refractivity contribution in [3.05, 3.63) is 65.5 Å². The van der Waals surface area contributed by atoms with Gasteiger partial charge in [0.05, 0.1) is 17.9 Å². The third-order valence-electron chi connectivity index (χ3n) is 8.72. The number of benzene rings is 1. The van der Waals surface area contributed by atoms with Crippen LogP contribution in [0.2, 0.25) is 0 Å². The smallest absolute Gasteiger partial charge is 0.246 e. The van der Waals surface area contributed by atoms with Crippen LogP contribution in [0.15, 0.2) is 43.0 Å². The van der Waals surface area contributed by atoms with Crippen molar-refractivity contribution in [2.75, 3.05) is 62.7 Å². The highest BCUT2D eigenvalue weighted by molar-refractivity contribution is 5.92. The Kier molecular flexibility index (Phi) is 7.50. The average molecular weight is 552 g/mol. The van der Waals surface area contributed by atoms with Gasteiger partial charge in [0, 0.05) is 55.4 Å². The number of nitriles is 1. The summed E-state index contributed by atoms with van der Waals surface area (Å²) in [6.45, 7) is 11.0. The van der Waals surface area contributed by atoms with E-state index < -0.39 is 0 Å². The topological polar surface area (TPSA) is 88.8 Å². The van der Waals surface area contributed by atoms with Gasteiger partial charge in [-0.3, -0.25) is 4.79 Å². The maximum atomic E-state index is 12.2. The van der Waals surface area contributed by atoms with E-state index in [9.17, 15) is 10.1 Å². The SMILES string of the molecule is C=CC(=O)N1CCN(c2c(C#N)c(OC[C@@H]3CCCN3C)nc3c2CCN(c2nc(C)cc4ccccc24)C3)CC1. The first kappa shape index (κ1) is 27.0. The van der Waals surface area contributed by atoms with Gasteiger partial charge in [0.25, 0.3) is 0 Å². The molecule has 2 saturated heterocycles. The molecule has 0 saturated carbocycles. The lowest BCUT2D eigenvalue weighted by molar-refractivity contribution is -0.126. The molecule has 41 heavy (non-hydrogen) atoms. The van der Waals surface area contributed by atoms with E-state index in [0.717, 1.165) is 66.2 Å². The molecule has 6 rings (SSSR count). The van der Waals surface area contributed by atoms with E-state index in [1.807, 2.05) is 11.8 Å². The first-order valence-electron chi connectivity index (χ1n) is 14.5. The van der Waals surface area contributed by atoms with E-state index in [1.54, 1.807) is 0 Å². The van der Waals surface area contributed by atoms with Crippen LogP contribution in [0.25, 0.3) is 10.8 Å². The van der Waals surface area contributed by atoms with Crippen LogP contribution < -0.4 is 14.5 Å². The molecule has 212 valence electrons. The monoisotopic (exact) mass is 551 g/mol. The molecule has 0 spiro atoms. The van der Waals surface area contributed by atoms with Gasteiger partial charge < -0.3 is 24.3 Å².